The summed E-state index contributed by atoms with van der Waals surface area (Å²) in [6.45, 7) is 1.47. The number of carbonyl (C=O) groups is 1. The third-order valence-corrected chi connectivity index (χ3v) is 2.48. The fourth-order valence-corrected chi connectivity index (χ4v) is 1.83. The van der Waals surface area contributed by atoms with Crippen LogP contribution < -0.4 is 0 Å². The number of carbonyl (C=O) groups excluding carboxylic acids is 1. The zero-order valence-electron chi connectivity index (χ0n) is 8.16. The predicted octanol–water partition coefficient (Wildman–Crippen LogP) is 4.09. The molecule has 0 spiro atoms. The third kappa shape index (κ3) is 2.68. The highest BCUT2D eigenvalue weighted by Gasteiger charge is 2.36. The van der Waals surface area contributed by atoms with E-state index < -0.39 is 29.0 Å². The lowest BCUT2D eigenvalue weighted by Gasteiger charge is -2.13. The Morgan fingerprint density at radius 1 is 1.38 bits per heavy atom. The molecule has 6 heteroatoms. The van der Waals surface area contributed by atoms with E-state index in [1.165, 1.54) is 13.0 Å². The van der Waals surface area contributed by atoms with E-state index in [0.717, 1.165) is 6.07 Å². The van der Waals surface area contributed by atoms with Crippen LogP contribution in [0.3, 0.4) is 0 Å². The van der Waals surface area contributed by atoms with Crippen LogP contribution >= 0.6 is 23.2 Å². The average Bonchev–Trinajstić information content (AvgIpc) is 2.14. The summed E-state index contributed by atoms with van der Waals surface area (Å²) in [7, 11) is 0. The van der Waals surface area contributed by atoms with E-state index in [2.05, 4.69) is 0 Å². The van der Waals surface area contributed by atoms with Crippen molar-refractivity contribution in [3.05, 3.63) is 33.8 Å². The van der Waals surface area contributed by atoms with Crippen molar-refractivity contribution in [2.24, 2.45) is 0 Å². The number of halogens is 5. The van der Waals surface area contributed by atoms with Gasteiger partial charge in [-0.1, -0.05) is 11.6 Å². The van der Waals surface area contributed by atoms with Gasteiger partial charge in [0.1, 0.15) is 0 Å². The Morgan fingerprint density at radius 2 is 1.94 bits per heavy atom. The molecular weight excluding hydrogens is 264 g/mol. The zero-order chi connectivity index (χ0) is 12.5. The van der Waals surface area contributed by atoms with E-state index in [1.54, 1.807) is 0 Å². The minimum Gasteiger partial charge on any atom is -0.293 e. The Bertz CT molecular complexity index is 427. The van der Waals surface area contributed by atoms with Gasteiger partial charge in [0.25, 0.3) is 0 Å². The van der Waals surface area contributed by atoms with Crippen LogP contribution in [0, 0.1) is 6.92 Å². The Labute approximate surface area is 100 Å². The maximum atomic E-state index is 12.7. The van der Waals surface area contributed by atoms with Gasteiger partial charge < -0.3 is 0 Å². The van der Waals surface area contributed by atoms with Gasteiger partial charge in [0, 0.05) is 5.56 Å². The molecule has 0 fully saturated rings. The van der Waals surface area contributed by atoms with Crippen LogP contribution in [-0.2, 0) is 6.18 Å². The van der Waals surface area contributed by atoms with Crippen LogP contribution in [0.25, 0.3) is 0 Å². The molecule has 16 heavy (non-hydrogen) atoms. The molecule has 88 valence electrons. The first-order chi connectivity index (χ1) is 7.27. The van der Waals surface area contributed by atoms with Crippen molar-refractivity contribution in [1.29, 1.82) is 0 Å². The van der Waals surface area contributed by atoms with Crippen molar-refractivity contribution in [2.75, 3.05) is 5.88 Å². The Balaban J connectivity index is 3.51. The monoisotopic (exact) mass is 270 g/mol. The minimum absolute atomic E-state index is 0.224. The van der Waals surface area contributed by atoms with E-state index in [0.29, 0.717) is 5.56 Å². The largest absolute Gasteiger partial charge is 0.417 e. The predicted molar refractivity (Wildman–Crippen MR) is 56.2 cm³/mol. The van der Waals surface area contributed by atoms with Gasteiger partial charge in [0.2, 0.25) is 0 Å². The van der Waals surface area contributed by atoms with E-state index in [-0.39, 0.29) is 5.02 Å². The Hall–Kier alpha value is -0.740. The second-order valence-corrected chi connectivity index (χ2v) is 3.90. The number of alkyl halides is 4. The quantitative estimate of drug-likeness (QED) is 0.585. The number of aryl methyl sites for hydroxylation is 1. The molecule has 0 aliphatic rings. The molecule has 0 saturated heterocycles. The zero-order valence-corrected chi connectivity index (χ0v) is 9.67. The fraction of sp³-hybridized carbons (Fsp3) is 0.300. The lowest BCUT2D eigenvalue weighted by molar-refractivity contribution is -0.137. The van der Waals surface area contributed by atoms with Gasteiger partial charge in [-0.15, -0.1) is 11.6 Å². The lowest BCUT2D eigenvalue weighted by atomic mass is 10.0. The molecule has 0 N–H and O–H groups in total. The van der Waals surface area contributed by atoms with Crippen molar-refractivity contribution in [3.8, 4) is 0 Å². The smallest absolute Gasteiger partial charge is 0.293 e. The van der Waals surface area contributed by atoms with Crippen molar-refractivity contribution in [1.82, 2.24) is 0 Å². The van der Waals surface area contributed by atoms with Gasteiger partial charge in [0.15, 0.2) is 5.78 Å². The second kappa shape index (κ2) is 4.63. The third-order valence-electron chi connectivity index (χ3n) is 1.94. The summed E-state index contributed by atoms with van der Waals surface area (Å²) in [5.74, 6) is -1.37. The highest BCUT2D eigenvalue weighted by atomic mass is 35.5. The molecular formula is C10H7Cl2F3O. The fourth-order valence-electron chi connectivity index (χ4n) is 1.32. The minimum atomic E-state index is -4.62. The van der Waals surface area contributed by atoms with Gasteiger partial charge >= 0.3 is 6.18 Å². The molecule has 0 aliphatic heterocycles. The standard InChI is InChI=1S/C10H7Cl2F3O/c1-5-2-6(10(13,14)15)9(7(12)3-5)8(16)4-11/h2-3H,4H2,1H3. The highest BCUT2D eigenvalue weighted by Crippen LogP contribution is 2.36. The van der Waals surface area contributed by atoms with Crippen molar-refractivity contribution in [3.63, 3.8) is 0 Å². The molecule has 0 heterocycles. The molecule has 0 aromatic heterocycles. The number of ketones is 1. The number of hydrogen-bond acceptors (Lipinski definition) is 1. The molecule has 1 nitrogen and oxygen atoms in total. The van der Waals surface area contributed by atoms with Crippen molar-refractivity contribution in [2.45, 2.75) is 13.1 Å². The molecule has 1 aromatic carbocycles. The number of rotatable bonds is 2. The molecule has 0 radical (unpaired) electrons. The van der Waals surface area contributed by atoms with Gasteiger partial charge in [-0.3, -0.25) is 4.79 Å². The lowest BCUT2D eigenvalue weighted by Crippen LogP contribution is -2.15. The number of hydrogen-bond donors (Lipinski definition) is 0. The maximum absolute atomic E-state index is 12.7. The summed E-state index contributed by atoms with van der Waals surface area (Å²) in [4.78, 5) is 11.3. The van der Waals surface area contributed by atoms with Gasteiger partial charge in [-0.25, -0.2) is 0 Å². The SMILES string of the molecule is Cc1cc(Cl)c(C(=O)CCl)c(C(F)(F)F)c1. The summed E-state index contributed by atoms with van der Waals surface area (Å²) in [5, 5.41) is -0.224. The second-order valence-electron chi connectivity index (χ2n) is 3.22. The first-order valence-corrected chi connectivity index (χ1v) is 5.15. The van der Waals surface area contributed by atoms with Crippen LogP contribution in [-0.4, -0.2) is 11.7 Å². The van der Waals surface area contributed by atoms with Crippen molar-refractivity contribution < 1.29 is 18.0 Å². The summed E-state index contributed by atoms with van der Waals surface area (Å²) >= 11 is 10.9. The molecule has 1 aromatic rings. The summed E-state index contributed by atoms with van der Waals surface area (Å²) in [6.07, 6.45) is -4.62. The van der Waals surface area contributed by atoms with Gasteiger partial charge in [0.05, 0.1) is 16.5 Å². The number of benzene rings is 1. The van der Waals surface area contributed by atoms with Crippen LogP contribution in [0.4, 0.5) is 13.2 Å². The van der Waals surface area contributed by atoms with Crippen molar-refractivity contribution >= 4 is 29.0 Å². The molecule has 0 bridgehead atoms. The molecule has 0 unspecified atom stereocenters. The van der Waals surface area contributed by atoms with Crippen LogP contribution in [0.5, 0.6) is 0 Å². The Kier molecular flexibility index (Phi) is 3.86. The van der Waals surface area contributed by atoms with Crippen LogP contribution in [0.1, 0.15) is 21.5 Å². The summed E-state index contributed by atoms with van der Waals surface area (Å²) in [5.41, 5.74) is -1.26. The summed E-state index contributed by atoms with van der Waals surface area (Å²) in [6, 6.07) is 2.18. The van der Waals surface area contributed by atoms with Gasteiger partial charge in [-0.2, -0.15) is 13.2 Å². The van der Waals surface area contributed by atoms with E-state index in [4.69, 9.17) is 23.2 Å². The molecule has 0 amide bonds. The summed E-state index contributed by atoms with van der Waals surface area (Å²) < 4.78 is 38.0. The number of Topliss-reactive ketones (excluding diaryl/α,β-unsaturated/α-hetero) is 1. The topological polar surface area (TPSA) is 17.1 Å². The van der Waals surface area contributed by atoms with Gasteiger partial charge in [-0.05, 0) is 24.6 Å². The van der Waals surface area contributed by atoms with E-state index >= 15 is 0 Å². The highest BCUT2D eigenvalue weighted by molar-refractivity contribution is 6.37. The molecule has 0 aliphatic carbocycles. The Morgan fingerprint density at radius 3 is 2.38 bits per heavy atom. The molecule has 0 atom stereocenters. The van der Waals surface area contributed by atoms with E-state index in [1.807, 2.05) is 0 Å². The molecule has 1 rings (SSSR count). The normalized spacial score (nSPS) is 11.6. The first-order valence-electron chi connectivity index (χ1n) is 4.24. The van der Waals surface area contributed by atoms with Crippen LogP contribution in [0.15, 0.2) is 12.1 Å². The van der Waals surface area contributed by atoms with Crippen LogP contribution in [0.2, 0.25) is 5.02 Å². The average molecular weight is 271 g/mol. The molecule has 0 saturated carbocycles. The first kappa shape index (κ1) is 13.3. The maximum Gasteiger partial charge on any atom is 0.417 e. The van der Waals surface area contributed by atoms with E-state index in [9.17, 15) is 18.0 Å².